The number of anilines is 2. The van der Waals surface area contributed by atoms with Crippen molar-refractivity contribution in [2.24, 2.45) is 0 Å². The minimum atomic E-state index is -2.39. The molecule has 0 aliphatic heterocycles. The molecule has 0 saturated carbocycles. The lowest BCUT2D eigenvalue weighted by Crippen LogP contribution is -2.35. The number of hydrogen-bond donors (Lipinski definition) is 2. The molecule has 2 N–H and O–H groups in total. The molecule has 3 rings (SSSR count). The summed E-state index contributed by atoms with van der Waals surface area (Å²) in [5.74, 6) is -0.849. The number of benzene rings is 2. The van der Waals surface area contributed by atoms with Gasteiger partial charge in [0.1, 0.15) is 11.5 Å². The summed E-state index contributed by atoms with van der Waals surface area (Å²) >= 11 is 0. The molecule has 6 nitrogen and oxygen atoms in total. The van der Waals surface area contributed by atoms with Crippen LogP contribution in [0.1, 0.15) is 21.3 Å². The van der Waals surface area contributed by atoms with Crippen LogP contribution in [0.5, 0.6) is 5.75 Å². The van der Waals surface area contributed by atoms with E-state index in [1.807, 2.05) is 24.3 Å². The molecular weight excluding hydrogens is 373 g/mol. The van der Waals surface area contributed by atoms with E-state index in [4.69, 9.17) is 10.00 Å². The summed E-state index contributed by atoms with van der Waals surface area (Å²) in [6.45, 7) is 0. The van der Waals surface area contributed by atoms with Crippen molar-refractivity contribution in [1.82, 2.24) is 0 Å². The second-order valence-corrected chi connectivity index (χ2v) is 6.24. The maximum Gasteiger partial charge on any atom is 0.268 e. The first-order valence-electron chi connectivity index (χ1n) is 8.96. The maximum absolute atomic E-state index is 14.2. The van der Waals surface area contributed by atoms with E-state index in [2.05, 4.69) is 10.6 Å². The average Bonchev–Trinajstić information content (AvgIpc) is 2.75. The highest BCUT2D eigenvalue weighted by atomic mass is 19.1. The number of ether oxygens (including phenoxy) is 1. The third-order valence-electron chi connectivity index (χ3n) is 4.06. The molecule has 1 unspecified atom stereocenters. The summed E-state index contributed by atoms with van der Waals surface area (Å²) in [5, 5.41) is 13.4. The third-order valence-corrected chi connectivity index (χ3v) is 4.06. The smallest absolute Gasteiger partial charge is 0.268 e. The highest BCUT2D eigenvalue weighted by molar-refractivity contribution is 6.13. The van der Waals surface area contributed by atoms with Gasteiger partial charge in [0.25, 0.3) is 18.0 Å². The van der Waals surface area contributed by atoms with Crippen LogP contribution < -0.4 is 15.4 Å². The second-order valence-electron chi connectivity index (χ2n) is 6.24. The fraction of sp³-hybridized carbons (Fsp3) is 0.136. The van der Waals surface area contributed by atoms with Gasteiger partial charge in [0.05, 0.1) is 11.6 Å². The highest BCUT2D eigenvalue weighted by Gasteiger charge is 2.26. The first-order chi connectivity index (χ1) is 14.0. The SMILES string of the molecule is N#Cc1ccc(NC(=O)C(F)C(=O)Nc2ccc(OC3=CCCC=C3)cc2)cc1.[HH].[HH]. The molecule has 2 aromatic rings. The Bertz CT molecular complexity index is 1000. The van der Waals surface area contributed by atoms with E-state index in [1.54, 1.807) is 24.3 Å². The summed E-state index contributed by atoms with van der Waals surface area (Å²) in [5.41, 5.74) is 1.03. The zero-order chi connectivity index (χ0) is 20.6. The fourth-order valence-electron chi connectivity index (χ4n) is 2.57. The summed E-state index contributed by atoms with van der Waals surface area (Å²) in [6.07, 6.45) is 5.41. The Morgan fingerprint density at radius 3 is 2.10 bits per heavy atom. The van der Waals surface area contributed by atoms with Gasteiger partial charge in [-0.2, -0.15) is 5.26 Å². The molecule has 2 aromatic carbocycles. The number of allylic oxidation sites excluding steroid dienone is 3. The molecule has 2 amide bonds. The third kappa shape index (κ3) is 5.53. The van der Waals surface area contributed by atoms with Crippen LogP contribution in [-0.4, -0.2) is 18.0 Å². The number of amides is 2. The number of nitriles is 1. The van der Waals surface area contributed by atoms with Crippen LogP contribution in [0.2, 0.25) is 0 Å². The molecule has 0 aromatic heterocycles. The summed E-state index contributed by atoms with van der Waals surface area (Å²) < 4.78 is 19.9. The Hall–Kier alpha value is -3.92. The van der Waals surface area contributed by atoms with Crippen LogP contribution in [0.4, 0.5) is 15.8 Å². The minimum absolute atomic E-state index is 0. The van der Waals surface area contributed by atoms with Gasteiger partial charge in [-0.1, -0.05) is 6.08 Å². The average molecular weight is 395 g/mol. The number of nitrogens with zero attached hydrogens (tertiary/aromatic N) is 1. The van der Waals surface area contributed by atoms with Crippen molar-refractivity contribution in [1.29, 1.82) is 5.26 Å². The number of halogens is 1. The number of hydrogen-bond acceptors (Lipinski definition) is 4. The predicted molar refractivity (Wildman–Crippen MR) is 111 cm³/mol. The van der Waals surface area contributed by atoms with Gasteiger partial charge in [-0.3, -0.25) is 9.59 Å². The number of alkyl halides is 1. The Morgan fingerprint density at radius 1 is 1.00 bits per heavy atom. The zero-order valence-electron chi connectivity index (χ0n) is 15.4. The van der Waals surface area contributed by atoms with Gasteiger partial charge < -0.3 is 15.4 Å². The molecule has 7 heteroatoms. The largest absolute Gasteiger partial charge is 0.458 e. The van der Waals surface area contributed by atoms with Crippen LogP contribution in [-0.2, 0) is 9.59 Å². The molecule has 1 aliphatic carbocycles. The second kappa shape index (κ2) is 9.33. The zero-order valence-corrected chi connectivity index (χ0v) is 15.4. The molecule has 29 heavy (non-hydrogen) atoms. The molecule has 0 spiro atoms. The minimum Gasteiger partial charge on any atom is -0.458 e. The number of rotatable bonds is 6. The highest BCUT2D eigenvalue weighted by Crippen LogP contribution is 2.20. The standard InChI is InChI=1S/C22H18FN3O3.2H2/c23-20(21(27)25-16-8-6-15(14-24)7-9-16)22(28)26-17-10-12-19(13-11-17)29-18-4-2-1-3-5-18;;/h2,4-13,20H,1,3H2,(H,25,27)(H,26,28);2*1H. The van der Waals surface area contributed by atoms with Gasteiger partial charge in [-0.25, -0.2) is 4.39 Å². The van der Waals surface area contributed by atoms with Crippen molar-refractivity contribution in [3.63, 3.8) is 0 Å². The van der Waals surface area contributed by atoms with Crippen LogP contribution in [0.15, 0.2) is 72.5 Å². The van der Waals surface area contributed by atoms with Crippen molar-refractivity contribution in [2.45, 2.75) is 19.0 Å². The van der Waals surface area contributed by atoms with Gasteiger partial charge in [0.15, 0.2) is 0 Å². The molecule has 0 bridgehead atoms. The van der Waals surface area contributed by atoms with Gasteiger partial charge >= 0.3 is 0 Å². The lowest BCUT2D eigenvalue weighted by molar-refractivity contribution is -0.130. The molecule has 150 valence electrons. The summed E-state index contributed by atoms with van der Waals surface area (Å²) in [7, 11) is 0. The quantitative estimate of drug-likeness (QED) is 0.701. The maximum atomic E-state index is 14.2. The molecule has 0 radical (unpaired) electrons. The molecular formula is C22H22FN3O3. The topological polar surface area (TPSA) is 91.2 Å². The van der Waals surface area contributed by atoms with E-state index in [1.165, 1.54) is 24.3 Å². The Labute approximate surface area is 170 Å². The Morgan fingerprint density at radius 2 is 1.59 bits per heavy atom. The Balaban J connectivity index is 0.00000240. The number of carbonyl (C=O) groups is 2. The lowest BCUT2D eigenvalue weighted by atomic mass is 10.2. The molecule has 1 atom stereocenters. The van der Waals surface area contributed by atoms with E-state index in [9.17, 15) is 14.0 Å². The van der Waals surface area contributed by atoms with Crippen molar-refractivity contribution in [3.05, 3.63) is 78.1 Å². The first-order valence-corrected chi connectivity index (χ1v) is 8.96. The van der Waals surface area contributed by atoms with Crippen LogP contribution in [0.25, 0.3) is 0 Å². The van der Waals surface area contributed by atoms with Gasteiger partial charge in [-0.15, -0.1) is 0 Å². The fourth-order valence-corrected chi connectivity index (χ4v) is 2.57. The van der Waals surface area contributed by atoms with Crippen molar-refractivity contribution in [2.75, 3.05) is 10.6 Å². The summed E-state index contributed by atoms with van der Waals surface area (Å²) in [6, 6.07) is 14.2. The van der Waals surface area contributed by atoms with Crippen LogP contribution >= 0.6 is 0 Å². The van der Waals surface area contributed by atoms with E-state index < -0.39 is 18.0 Å². The van der Waals surface area contributed by atoms with E-state index in [-0.39, 0.29) is 8.54 Å². The Kier molecular flexibility index (Phi) is 6.38. The summed E-state index contributed by atoms with van der Waals surface area (Å²) in [4.78, 5) is 23.9. The van der Waals surface area contributed by atoms with Crippen LogP contribution in [0, 0.1) is 11.3 Å². The molecule has 0 saturated heterocycles. The molecule has 0 heterocycles. The van der Waals surface area contributed by atoms with Gasteiger partial charge in [0, 0.05) is 14.2 Å². The van der Waals surface area contributed by atoms with E-state index in [0.717, 1.165) is 18.6 Å². The first kappa shape index (κ1) is 19.8. The van der Waals surface area contributed by atoms with E-state index >= 15 is 0 Å². The van der Waals surface area contributed by atoms with Crippen molar-refractivity contribution in [3.8, 4) is 11.8 Å². The molecule has 1 aliphatic rings. The normalized spacial score (nSPS) is 13.6. The monoisotopic (exact) mass is 395 g/mol. The van der Waals surface area contributed by atoms with Crippen LogP contribution in [0.3, 0.4) is 0 Å². The van der Waals surface area contributed by atoms with Gasteiger partial charge in [0.2, 0.25) is 0 Å². The van der Waals surface area contributed by atoms with Crippen molar-refractivity contribution >= 4 is 23.2 Å². The number of carbonyl (C=O) groups excluding carboxylic acids is 2. The lowest BCUT2D eigenvalue weighted by Gasteiger charge is -2.12. The van der Waals surface area contributed by atoms with Crippen molar-refractivity contribution < 1.29 is 21.6 Å². The van der Waals surface area contributed by atoms with E-state index in [0.29, 0.717) is 17.0 Å². The molecule has 0 fully saturated rings. The predicted octanol–water partition coefficient (Wildman–Crippen LogP) is 4.58. The van der Waals surface area contributed by atoms with Gasteiger partial charge in [-0.05, 0) is 73.5 Å². The number of nitrogens with one attached hydrogen (secondary N) is 2.